The Morgan fingerprint density at radius 1 is 1.13 bits per heavy atom. The van der Waals surface area contributed by atoms with Gasteiger partial charge in [-0.25, -0.2) is 13.1 Å². The van der Waals surface area contributed by atoms with E-state index in [4.69, 9.17) is 0 Å². The Morgan fingerprint density at radius 2 is 1.80 bits per heavy atom. The minimum absolute atomic E-state index is 0.0782. The van der Waals surface area contributed by atoms with Gasteiger partial charge >= 0.3 is 0 Å². The molecule has 15 heavy (non-hydrogen) atoms. The molecule has 0 amide bonds. The van der Waals surface area contributed by atoms with Crippen LogP contribution in [0.1, 0.15) is 32.1 Å². The molecule has 1 aliphatic heterocycles. The molecule has 1 aliphatic carbocycles. The fourth-order valence-electron chi connectivity index (χ4n) is 2.07. The molecule has 0 unspecified atom stereocenters. The lowest BCUT2D eigenvalue weighted by Gasteiger charge is -2.22. The van der Waals surface area contributed by atoms with Crippen molar-refractivity contribution < 1.29 is 8.42 Å². The van der Waals surface area contributed by atoms with Crippen LogP contribution in [0.4, 0.5) is 0 Å². The first-order valence-corrected chi connectivity index (χ1v) is 7.42. The summed E-state index contributed by atoms with van der Waals surface area (Å²) in [4.78, 5) is 0. The molecule has 1 saturated heterocycles. The Hall–Kier alpha value is -0.130. The predicted octanol–water partition coefficient (Wildman–Crippen LogP) is 0.458. The molecule has 0 spiro atoms. The van der Waals surface area contributed by atoms with Crippen molar-refractivity contribution in [2.45, 2.75) is 37.4 Å². The summed E-state index contributed by atoms with van der Waals surface area (Å²) >= 11 is 0. The topological polar surface area (TPSA) is 58.2 Å². The van der Waals surface area contributed by atoms with Crippen LogP contribution in [0.15, 0.2) is 0 Å². The van der Waals surface area contributed by atoms with Gasteiger partial charge in [0.15, 0.2) is 0 Å². The van der Waals surface area contributed by atoms with E-state index in [9.17, 15) is 8.42 Å². The smallest absolute Gasteiger partial charge is 0.214 e. The molecule has 0 aromatic rings. The Bertz CT molecular complexity index is 293. The molecular weight excluding hydrogens is 212 g/mol. The largest absolute Gasteiger partial charge is 0.317 e. The van der Waals surface area contributed by atoms with Crippen molar-refractivity contribution in [1.29, 1.82) is 0 Å². The fourth-order valence-corrected chi connectivity index (χ4v) is 3.47. The molecule has 2 rings (SSSR count). The molecule has 88 valence electrons. The zero-order valence-corrected chi connectivity index (χ0v) is 9.85. The minimum atomic E-state index is -2.95. The molecule has 5 heteroatoms. The molecule has 0 atom stereocenters. The highest BCUT2D eigenvalue weighted by molar-refractivity contribution is 7.90. The highest BCUT2D eigenvalue weighted by Crippen LogP contribution is 2.27. The van der Waals surface area contributed by atoms with Crippen LogP contribution < -0.4 is 10.0 Å². The lowest BCUT2D eigenvalue weighted by atomic mass is 9.95. The van der Waals surface area contributed by atoms with Gasteiger partial charge in [0.25, 0.3) is 0 Å². The third kappa shape index (κ3) is 3.43. The average Bonchev–Trinajstić information content (AvgIpc) is 3.02. The SMILES string of the molecule is O=S(=O)(NCCC1CCNCC1)C1CC1. The number of nitrogens with one attached hydrogen (secondary N) is 2. The van der Waals surface area contributed by atoms with Gasteiger partial charge in [-0.15, -0.1) is 0 Å². The Kier molecular flexibility index (Phi) is 3.64. The maximum absolute atomic E-state index is 11.5. The third-order valence-electron chi connectivity index (χ3n) is 3.28. The number of piperidine rings is 1. The normalized spacial score (nSPS) is 24.3. The van der Waals surface area contributed by atoms with Gasteiger partial charge in [0, 0.05) is 6.54 Å². The molecule has 0 radical (unpaired) electrons. The fraction of sp³-hybridized carbons (Fsp3) is 1.00. The van der Waals surface area contributed by atoms with Crippen LogP contribution in [0.2, 0.25) is 0 Å². The van der Waals surface area contributed by atoms with E-state index in [1.54, 1.807) is 0 Å². The zero-order valence-electron chi connectivity index (χ0n) is 9.04. The summed E-state index contributed by atoms with van der Waals surface area (Å²) in [5.74, 6) is 0.702. The van der Waals surface area contributed by atoms with Crippen molar-refractivity contribution in [3.8, 4) is 0 Å². The van der Waals surface area contributed by atoms with Crippen LogP contribution in [0, 0.1) is 5.92 Å². The molecular formula is C10H20N2O2S. The first-order chi connectivity index (χ1) is 7.18. The quantitative estimate of drug-likeness (QED) is 0.724. The Balaban J connectivity index is 1.65. The van der Waals surface area contributed by atoms with E-state index in [2.05, 4.69) is 10.0 Å². The van der Waals surface area contributed by atoms with E-state index >= 15 is 0 Å². The van der Waals surface area contributed by atoms with Crippen LogP contribution >= 0.6 is 0 Å². The number of rotatable bonds is 5. The zero-order chi connectivity index (χ0) is 10.7. The molecule has 0 aromatic carbocycles. The Labute approximate surface area is 91.9 Å². The van der Waals surface area contributed by atoms with Crippen LogP contribution in [0.25, 0.3) is 0 Å². The maximum atomic E-state index is 11.5. The van der Waals surface area contributed by atoms with E-state index < -0.39 is 10.0 Å². The molecule has 2 fully saturated rings. The van der Waals surface area contributed by atoms with Gasteiger partial charge in [0.1, 0.15) is 0 Å². The number of hydrogen-bond donors (Lipinski definition) is 2. The average molecular weight is 232 g/mol. The van der Waals surface area contributed by atoms with Crippen LogP contribution in [0.5, 0.6) is 0 Å². The van der Waals surface area contributed by atoms with Gasteiger partial charge < -0.3 is 5.32 Å². The summed E-state index contributed by atoms with van der Waals surface area (Å²) in [6.07, 6.45) is 5.06. The lowest BCUT2D eigenvalue weighted by molar-refractivity contribution is 0.354. The van der Waals surface area contributed by atoms with Crippen molar-refractivity contribution in [3.63, 3.8) is 0 Å². The summed E-state index contributed by atoms with van der Waals surface area (Å²) in [6, 6.07) is 0. The van der Waals surface area contributed by atoms with E-state index in [1.165, 1.54) is 12.8 Å². The summed E-state index contributed by atoms with van der Waals surface area (Å²) < 4.78 is 25.7. The van der Waals surface area contributed by atoms with Crippen molar-refractivity contribution in [3.05, 3.63) is 0 Å². The van der Waals surface area contributed by atoms with Crippen LogP contribution in [-0.2, 0) is 10.0 Å². The van der Waals surface area contributed by atoms with Gasteiger partial charge in [0.05, 0.1) is 5.25 Å². The van der Waals surface area contributed by atoms with Crippen molar-refractivity contribution >= 4 is 10.0 Å². The molecule has 0 aromatic heterocycles. The molecule has 0 bridgehead atoms. The van der Waals surface area contributed by atoms with Gasteiger partial charge in [-0.3, -0.25) is 0 Å². The second kappa shape index (κ2) is 4.80. The number of sulfonamides is 1. The Morgan fingerprint density at radius 3 is 2.40 bits per heavy atom. The van der Waals surface area contributed by atoms with E-state index in [0.29, 0.717) is 12.5 Å². The second-order valence-corrected chi connectivity index (χ2v) is 6.67. The van der Waals surface area contributed by atoms with Gasteiger partial charge in [-0.1, -0.05) is 0 Å². The van der Waals surface area contributed by atoms with Gasteiger partial charge in [-0.2, -0.15) is 0 Å². The van der Waals surface area contributed by atoms with Gasteiger partial charge in [0.2, 0.25) is 10.0 Å². The highest BCUT2D eigenvalue weighted by atomic mass is 32.2. The van der Waals surface area contributed by atoms with Crippen molar-refractivity contribution in [2.24, 2.45) is 5.92 Å². The predicted molar refractivity (Wildman–Crippen MR) is 60.2 cm³/mol. The maximum Gasteiger partial charge on any atom is 0.214 e. The van der Waals surface area contributed by atoms with Crippen molar-refractivity contribution in [2.75, 3.05) is 19.6 Å². The molecule has 2 N–H and O–H groups in total. The molecule has 1 heterocycles. The summed E-state index contributed by atoms with van der Waals surface area (Å²) in [7, 11) is -2.95. The summed E-state index contributed by atoms with van der Waals surface area (Å²) in [5, 5.41) is 3.23. The van der Waals surface area contributed by atoms with Crippen LogP contribution in [0.3, 0.4) is 0 Å². The summed E-state index contributed by atoms with van der Waals surface area (Å²) in [5.41, 5.74) is 0. The van der Waals surface area contributed by atoms with Gasteiger partial charge in [-0.05, 0) is 51.1 Å². The summed E-state index contributed by atoms with van der Waals surface area (Å²) in [6.45, 7) is 2.80. The minimum Gasteiger partial charge on any atom is -0.317 e. The van der Waals surface area contributed by atoms with E-state index in [1.807, 2.05) is 0 Å². The standard InChI is InChI=1S/C10H20N2O2S/c13-15(14,10-1-2-10)12-8-5-9-3-6-11-7-4-9/h9-12H,1-8H2. The van der Waals surface area contributed by atoms with E-state index in [-0.39, 0.29) is 5.25 Å². The first-order valence-electron chi connectivity index (χ1n) is 5.88. The molecule has 2 aliphatic rings. The van der Waals surface area contributed by atoms with Crippen LogP contribution in [-0.4, -0.2) is 33.3 Å². The second-order valence-electron chi connectivity index (χ2n) is 4.62. The molecule has 4 nitrogen and oxygen atoms in total. The van der Waals surface area contributed by atoms with E-state index in [0.717, 1.165) is 32.4 Å². The third-order valence-corrected chi connectivity index (χ3v) is 5.23. The number of hydrogen-bond acceptors (Lipinski definition) is 3. The first kappa shape index (κ1) is 11.4. The lowest BCUT2D eigenvalue weighted by Crippen LogP contribution is -2.32. The molecule has 1 saturated carbocycles. The monoisotopic (exact) mass is 232 g/mol. The highest BCUT2D eigenvalue weighted by Gasteiger charge is 2.35. The van der Waals surface area contributed by atoms with Crippen molar-refractivity contribution in [1.82, 2.24) is 10.0 Å².